The van der Waals surface area contributed by atoms with Crippen molar-refractivity contribution in [1.29, 1.82) is 0 Å². The Morgan fingerprint density at radius 2 is 2.04 bits per heavy atom. The van der Waals surface area contributed by atoms with Gasteiger partial charge in [0.1, 0.15) is 0 Å². The van der Waals surface area contributed by atoms with Crippen molar-refractivity contribution in [3.8, 4) is 11.5 Å². The van der Waals surface area contributed by atoms with Crippen LogP contribution in [0.25, 0.3) is 6.08 Å². The molecule has 2 amide bonds. The van der Waals surface area contributed by atoms with Crippen molar-refractivity contribution >= 4 is 56.7 Å². The second kappa shape index (κ2) is 8.30. The van der Waals surface area contributed by atoms with Gasteiger partial charge in [0.25, 0.3) is 5.91 Å². The minimum absolute atomic E-state index is 0.237. The third-order valence-electron chi connectivity index (χ3n) is 2.81. The molecular weight excluding hydrogens is 412 g/mol. The number of amides is 2. The number of rotatable bonds is 4. The molecule has 25 heavy (non-hydrogen) atoms. The molecule has 1 aliphatic rings. The van der Waals surface area contributed by atoms with Gasteiger partial charge in [0.2, 0.25) is 5.91 Å². The molecule has 1 N–H and O–H groups in total. The molecule has 0 spiro atoms. The summed E-state index contributed by atoms with van der Waals surface area (Å²) in [4.78, 5) is 38.4. The Hall–Kier alpha value is -2.13. The summed E-state index contributed by atoms with van der Waals surface area (Å²) < 4.78 is 11.2. The van der Waals surface area contributed by atoms with Gasteiger partial charge in [0.05, 0.1) is 11.5 Å². The lowest BCUT2D eigenvalue weighted by Crippen LogP contribution is -2.23. The van der Waals surface area contributed by atoms with Crippen molar-refractivity contribution in [3.63, 3.8) is 0 Å². The SMILES string of the molecule is CCOc1cc(/C=C2\SC(NC(C)=O)=NC2=O)c(Br)cc1OC(C)=O. The maximum Gasteiger partial charge on any atom is 0.308 e. The third-order valence-corrected chi connectivity index (χ3v) is 4.39. The largest absolute Gasteiger partial charge is 0.490 e. The standard InChI is InChI=1S/C16H15BrN2O5S/c1-4-23-12-5-10(11(17)7-13(12)24-9(3)21)6-14-15(22)19-16(25-14)18-8(2)20/h5-7H,4H2,1-3H3,(H,18,19,20,22)/b14-6-. The molecule has 0 saturated carbocycles. The number of carbonyl (C=O) groups excluding carboxylic acids is 3. The Morgan fingerprint density at radius 1 is 1.32 bits per heavy atom. The molecule has 0 aromatic heterocycles. The first-order valence-corrected chi connectivity index (χ1v) is 8.86. The molecule has 132 valence electrons. The zero-order chi connectivity index (χ0) is 18.6. The third kappa shape index (κ3) is 5.17. The second-order valence-electron chi connectivity index (χ2n) is 4.86. The minimum atomic E-state index is -0.464. The predicted molar refractivity (Wildman–Crippen MR) is 98.4 cm³/mol. The molecule has 7 nitrogen and oxygen atoms in total. The fraction of sp³-hybridized carbons (Fsp3) is 0.250. The summed E-state index contributed by atoms with van der Waals surface area (Å²) in [5, 5.41) is 2.72. The summed E-state index contributed by atoms with van der Waals surface area (Å²) in [5.41, 5.74) is 0.648. The van der Waals surface area contributed by atoms with Crippen LogP contribution in [-0.4, -0.2) is 29.6 Å². The summed E-state index contributed by atoms with van der Waals surface area (Å²) in [6, 6.07) is 3.25. The number of nitrogens with zero attached hydrogens (tertiary/aromatic N) is 1. The fourth-order valence-corrected chi connectivity index (χ4v) is 3.21. The Kier molecular flexibility index (Phi) is 6.38. The number of thioether (sulfide) groups is 1. The molecule has 2 rings (SSSR count). The Bertz CT molecular complexity index is 804. The Labute approximate surface area is 157 Å². The molecule has 1 heterocycles. The summed E-state index contributed by atoms with van der Waals surface area (Å²) in [5.74, 6) is -0.544. The van der Waals surface area contributed by atoms with Gasteiger partial charge in [0, 0.05) is 18.3 Å². The molecule has 1 aromatic rings. The summed E-state index contributed by atoms with van der Waals surface area (Å²) in [6.45, 7) is 4.83. The van der Waals surface area contributed by atoms with Crippen LogP contribution in [0.5, 0.6) is 11.5 Å². The highest BCUT2D eigenvalue weighted by molar-refractivity contribution is 9.10. The molecule has 0 unspecified atom stereocenters. The minimum Gasteiger partial charge on any atom is -0.490 e. The van der Waals surface area contributed by atoms with E-state index in [-0.39, 0.29) is 16.8 Å². The van der Waals surface area contributed by atoms with E-state index >= 15 is 0 Å². The number of hydrogen-bond donors (Lipinski definition) is 1. The van der Waals surface area contributed by atoms with Crippen LogP contribution in [0.2, 0.25) is 0 Å². The van der Waals surface area contributed by atoms with Gasteiger partial charge in [-0.05, 0) is 42.5 Å². The molecule has 0 radical (unpaired) electrons. The van der Waals surface area contributed by atoms with Crippen LogP contribution in [0.4, 0.5) is 0 Å². The molecule has 9 heteroatoms. The van der Waals surface area contributed by atoms with Crippen LogP contribution in [0.3, 0.4) is 0 Å². The van der Waals surface area contributed by atoms with Crippen molar-refractivity contribution in [2.24, 2.45) is 4.99 Å². The van der Waals surface area contributed by atoms with Crippen molar-refractivity contribution in [1.82, 2.24) is 5.32 Å². The van der Waals surface area contributed by atoms with Crippen LogP contribution in [0, 0.1) is 0 Å². The Morgan fingerprint density at radius 3 is 2.64 bits per heavy atom. The lowest BCUT2D eigenvalue weighted by atomic mass is 10.2. The van der Waals surface area contributed by atoms with E-state index in [1.807, 2.05) is 6.92 Å². The maximum absolute atomic E-state index is 12.0. The highest BCUT2D eigenvalue weighted by atomic mass is 79.9. The number of nitrogens with one attached hydrogen (secondary N) is 1. The van der Waals surface area contributed by atoms with Gasteiger partial charge < -0.3 is 14.8 Å². The highest BCUT2D eigenvalue weighted by Gasteiger charge is 2.23. The molecule has 0 aliphatic carbocycles. The van der Waals surface area contributed by atoms with E-state index in [2.05, 4.69) is 26.2 Å². The van der Waals surface area contributed by atoms with Gasteiger partial charge in [-0.2, -0.15) is 4.99 Å². The van der Waals surface area contributed by atoms with Crippen LogP contribution in [0.15, 0.2) is 26.5 Å². The van der Waals surface area contributed by atoms with Crippen molar-refractivity contribution in [2.75, 3.05) is 6.61 Å². The molecule has 0 bridgehead atoms. The summed E-state index contributed by atoms with van der Waals surface area (Å²) in [6.07, 6.45) is 1.62. The number of aliphatic imine (C=N–C) groups is 1. The monoisotopic (exact) mass is 426 g/mol. The Balaban J connectivity index is 2.33. The summed E-state index contributed by atoms with van der Waals surface area (Å²) >= 11 is 4.45. The quantitative estimate of drug-likeness (QED) is 0.451. The number of ether oxygens (including phenoxy) is 2. The molecular formula is C16H15BrN2O5S. The zero-order valence-electron chi connectivity index (χ0n) is 13.7. The number of amidine groups is 1. The van der Waals surface area contributed by atoms with Crippen molar-refractivity contribution < 1.29 is 23.9 Å². The van der Waals surface area contributed by atoms with Crippen LogP contribution in [-0.2, 0) is 14.4 Å². The predicted octanol–water partition coefficient (Wildman–Crippen LogP) is 2.88. The first-order chi connectivity index (χ1) is 11.8. The molecule has 0 fully saturated rings. The smallest absolute Gasteiger partial charge is 0.308 e. The van der Waals surface area contributed by atoms with Crippen LogP contribution < -0.4 is 14.8 Å². The number of esters is 1. The number of halogens is 1. The first kappa shape index (κ1) is 19.2. The number of benzene rings is 1. The van der Waals surface area contributed by atoms with E-state index in [9.17, 15) is 14.4 Å². The highest BCUT2D eigenvalue weighted by Crippen LogP contribution is 2.37. The normalized spacial score (nSPS) is 15.1. The van der Waals surface area contributed by atoms with Gasteiger partial charge in [-0.25, -0.2) is 0 Å². The summed E-state index contributed by atoms with van der Waals surface area (Å²) in [7, 11) is 0. The molecule has 1 aromatic carbocycles. The van der Waals surface area contributed by atoms with E-state index < -0.39 is 11.9 Å². The first-order valence-electron chi connectivity index (χ1n) is 7.25. The van der Waals surface area contributed by atoms with Gasteiger partial charge in [-0.1, -0.05) is 15.9 Å². The average molecular weight is 427 g/mol. The molecule has 0 atom stereocenters. The van der Waals surface area contributed by atoms with E-state index in [1.54, 1.807) is 18.2 Å². The van der Waals surface area contributed by atoms with Gasteiger partial charge >= 0.3 is 5.97 Å². The maximum atomic E-state index is 12.0. The van der Waals surface area contributed by atoms with Gasteiger partial charge in [-0.3, -0.25) is 14.4 Å². The average Bonchev–Trinajstić information content (AvgIpc) is 2.82. The lowest BCUT2D eigenvalue weighted by Gasteiger charge is -2.12. The van der Waals surface area contributed by atoms with Gasteiger partial charge in [-0.15, -0.1) is 0 Å². The van der Waals surface area contributed by atoms with E-state index in [1.165, 1.54) is 13.8 Å². The van der Waals surface area contributed by atoms with Crippen molar-refractivity contribution in [2.45, 2.75) is 20.8 Å². The lowest BCUT2D eigenvalue weighted by molar-refractivity contribution is -0.132. The van der Waals surface area contributed by atoms with E-state index in [0.717, 1.165) is 11.8 Å². The molecule has 1 aliphatic heterocycles. The van der Waals surface area contributed by atoms with E-state index in [0.29, 0.717) is 27.3 Å². The van der Waals surface area contributed by atoms with Gasteiger partial charge in [0.15, 0.2) is 16.7 Å². The second-order valence-corrected chi connectivity index (χ2v) is 6.75. The number of carbonyl (C=O) groups is 3. The van der Waals surface area contributed by atoms with Crippen molar-refractivity contribution in [3.05, 3.63) is 27.1 Å². The van der Waals surface area contributed by atoms with E-state index in [4.69, 9.17) is 9.47 Å². The fourth-order valence-electron chi connectivity index (χ4n) is 1.92. The zero-order valence-corrected chi connectivity index (χ0v) is 16.1. The number of hydrogen-bond acceptors (Lipinski definition) is 6. The topological polar surface area (TPSA) is 94.1 Å². The van der Waals surface area contributed by atoms with Crippen LogP contribution in [0.1, 0.15) is 26.3 Å². The molecule has 0 saturated heterocycles. The van der Waals surface area contributed by atoms with Crippen LogP contribution >= 0.6 is 27.7 Å².